The SMILES string of the molecule is C=CCc1cc(/C=N/NC(=O)c2ccc(C#N)cc2F)cc(OC)c1OCc1ccc([N+](=O)[O-])cc1. The Balaban J connectivity index is 1.77. The number of nitrogens with one attached hydrogen (secondary N) is 1. The van der Waals surface area contributed by atoms with Gasteiger partial charge in [0, 0.05) is 17.7 Å². The Bertz CT molecular complexity index is 1360. The zero-order chi connectivity index (χ0) is 26.1. The Morgan fingerprint density at radius 1 is 1.25 bits per heavy atom. The molecule has 10 heteroatoms. The van der Waals surface area contributed by atoms with Crippen molar-refractivity contribution in [3.05, 3.63) is 111 Å². The van der Waals surface area contributed by atoms with Gasteiger partial charge in [0.15, 0.2) is 11.5 Å². The highest BCUT2D eigenvalue weighted by Crippen LogP contribution is 2.34. The van der Waals surface area contributed by atoms with Gasteiger partial charge in [-0.1, -0.05) is 6.08 Å². The number of nitriles is 1. The van der Waals surface area contributed by atoms with E-state index in [2.05, 4.69) is 17.1 Å². The number of non-ortho nitro benzene ring substituents is 1. The van der Waals surface area contributed by atoms with Crippen LogP contribution in [0.2, 0.25) is 0 Å². The maximum atomic E-state index is 14.0. The standard InChI is InChI=1S/C26H21FN4O5/c1-3-4-20-11-19(15-29-30-26(32)22-10-7-18(14-28)12-23(22)27)13-24(35-2)25(20)36-16-17-5-8-21(9-6-17)31(33)34/h3,5-13,15H,1,4,16H2,2H3,(H,30,32)/b29-15+. The molecule has 36 heavy (non-hydrogen) atoms. The lowest BCUT2D eigenvalue weighted by Gasteiger charge is -2.16. The van der Waals surface area contributed by atoms with Gasteiger partial charge in [-0.05, 0) is 60.0 Å². The van der Waals surface area contributed by atoms with Crippen LogP contribution in [-0.2, 0) is 13.0 Å². The number of methoxy groups -OCH3 is 1. The molecule has 9 nitrogen and oxygen atoms in total. The summed E-state index contributed by atoms with van der Waals surface area (Å²) < 4.78 is 25.5. The number of carbonyl (C=O) groups is 1. The van der Waals surface area contributed by atoms with Crippen LogP contribution in [0.5, 0.6) is 11.5 Å². The van der Waals surface area contributed by atoms with Gasteiger partial charge in [0.2, 0.25) is 0 Å². The molecule has 1 amide bonds. The second-order valence-corrected chi connectivity index (χ2v) is 7.42. The summed E-state index contributed by atoms with van der Waals surface area (Å²) in [6.45, 7) is 3.91. The maximum Gasteiger partial charge on any atom is 0.274 e. The Morgan fingerprint density at radius 3 is 2.61 bits per heavy atom. The monoisotopic (exact) mass is 488 g/mol. The fourth-order valence-corrected chi connectivity index (χ4v) is 3.24. The van der Waals surface area contributed by atoms with Gasteiger partial charge in [-0.25, -0.2) is 9.82 Å². The number of halogens is 1. The molecule has 3 rings (SSSR count). The summed E-state index contributed by atoms with van der Waals surface area (Å²) in [4.78, 5) is 22.6. The molecule has 0 aliphatic rings. The third-order valence-corrected chi connectivity index (χ3v) is 4.99. The number of allylic oxidation sites excluding steroid dienone is 1. The van der Waals surface area contributed by atoms with Gasteiger partial charge in [-0.3, -0.25) is 14.9 Å². The number of nitrogens with zero attached hydrogens (tertiary/aromatic N) is 3. The summed E-state index contributed by atoms with van der Waals surface area (Å²) >= 11 is 0. The highest BCUT2D eigenvalue weighted by atomic mass is 19.1. The number of rotatable bonds is 10. The highest BCUT2D eigenvalue weighted by Gasteiger charge is 2.14. The van der Waals surface area contributed by atoms with Crippen molar-refractivity contribution in [2.24, 2.45) is 5.10 Å². The van der Waals surface area contributed by atoms with Gasteiger partial charge in [-0.15, -0.1) is 6.58 Å². The summed E-state index contributed by atoms with van der Waals surface area (Å²) in [6, 6.07) is 14.8. The Hall–Kier alpha value is -5.04. The van der Waals surface area contributed by atoms with E-state index in [1.807, 2.05) is 0 Å². The lowest BCUT2D eigenvalue weighted by Crippen LogP contribution is -2.19. The van der Waals surface area contributed by atoms with Gasteiger partial charge < -0.3 is 9.47 Å². The third kappa shape index (κ3) is 6.30. The topological polar surface area (TPSA) is 127 Å². The predicted octanol–water partition coefficient (Wildman–Crippen LogP) is 4.69. The van der Waals surface area contributed by atoms with Crippen molar-refractivity contribution >= 4 is 17.8 Å². The Kier molecular flexibility index (Phi) is 8.45. The first-order valence-corrected chi connectivity index (χ1v) is 10.6. The van der Waals surface area contributed by atoms with E-state index in [4.69, 9.17) is 14.7 Å². The van der Waals surface area contributed by atoms with Crippen LogP contribution in [-0.4, -0.2) is 24.2 Å². The minimum absolute atomic E-state index is 0.0127. The average Bonchev–Trinajstić information content (AvgIpc) is 2.87. The minimum Gasteiger partial charge on any atom is -0.493 e. The van der Waals surface area contributed by atoms with Crippen LogP contribution in [0.15, 0.2) is 72.4 Å². The minimum atomic E-state index is -0.828. The number of amides is 1. The number of hydrazone groups is 1. The van der Waals surface area contributed by atoms with Crippen molar-refractivity contribution < 1.29 is 23.6 Å². The largest absolute Gasteiger partial charge is 0.493 e. The van der Waals surface area contributed by atoms with Crippen LogP contribution in [0.25, 0.3) is 0 Å². The number of nitro groups is 1. The van der Waals surface area contributed by atoms with E-state index in [1.165, 1.54) is 37.6 Å². The molecule has 1 N–H and O–H groups in total. The molecule has 0 radical (unpaired) electrons. The number of ether oxygens (including phenoxy) is 2. The quantitative estimate of drug-likeness (QED) is 0.191. The molecule has 0 aliphatic carbocycles. The van der Waals surface area contributed by atoms with E-state index in [9.17, 15) is 19.3 Å². The van der Waals surface area contributed by atoms with E-state index in [0.29, 0.717) is 23.5 Å². The van der Waals surface area contributed by atoms with Crippen LogP contribution >= 0.6 is 0 Å². The zero-order valence-corrected chi connectivity index (χ0v) is 19.2. The molecule has 3 aromatic carbocycles. The van der Waals surface area contributed by atoms with Crippen molar-refractivity contribution in [2.45, 2.75) is 13.0 Å². The van der Waals surface area contributed by atoms with E-state index < -0.39 is 16.6 Å². The average molecular weight is 488 g/mol. The number of nitro benzene ring substituents is 1. The molecule has 0 bridgehead atoms. The van der Waals surface area contributed by atoms with Crippen LogP contribution in [0.3, 0.4) is 0 Å². The van der Waals surface area contributed by atoms with Gasteiger partial charge in [0.1, 0.15) is 12.4 Å². The van der Waals surface area contributed by atoms with Crippen LogP contribution in [0, 0.1) is 27.3 Å². The number of benzene rings is 3. The third-order valence-electron chi connectivity index (χ3n) is 4.99. The molecule has 0 unspecified atom stereocenters. The predicted molar refractivity (Wildman–Crippen MR) is 130 cm³/mol. The van der Waals surface area contributed by atoms with E-state index in [1.54, 1.807) is 36.4 Å². The van der Waals surface area contributed by atoms with Gasteiger partial charge in [0.25, 0.3) is 11.6 Å². The zero-order valence-electron chi connectivity index (χ0n) is 19.2. The number of hydrogen-bond donors (Lipinski definition) is 1. The highest BCUT2D eigenvalue weighted by molar-refractivity contribution is 5.95. The second-order valence-electron chi connectivity index (χ2n) is 7.42. The van der Waals surface area contributed by atoms with E-state index in [-0.39, 0.29) is 23.4 Å². The molecule has 0 aromatic heterocycles. The first-order valence-electron chi connectivity index (χ1n) is 10.6. The molecule has 0 aliphatic heterocycles. The lowest BCUT2D eigenvalue weighted by atomic mass is 10.1. The van der Waals surface area contributed by atoms with Crippen LogP contribution < -0.4 is 14.9 Å². The fraction of sp³-hybridized carbons (Fsp3) is 0.115. The van der Waals surface area contributed by atoms with Crippen molar-refractivity contribution in [3.8, 4) is 17.6 Å². The summed E-state index contributed by atoms with van der Waals surface area (Å²) in [5.74, 6) is -0.723. The molecule has 0 saturated carbocycles. The fourth-order valence-electron chi connectivity index (χ4n) is 3.24. The van der Waals surface area contributed by atoms with E-state index >= 15 is 0 Å². The summed E-state index contributed by atoms with van der Waals surface area (Å²) in [6.07, 6.45) is 3.50. The summed E-state index contributed by atoms with van der Waals surface area (Å²) in [5.41, 5.74) is 4.14. The molecule has 0 fully saturated rings. The molecule has 0 spiro atoms. The molecule has 182 valence electrons. The lowest BCUT2D eigenvalue weighted by molar-refractivity contribution is -0.384. The normalized spacial score (nSPS) is 10.5. The smallest absolute Gasteiger partial charge is 0.274 e. The van der Waals surface area contributed by atoms with E-state index in [0.717, 1.165) is 17.2 Å². The van der Waals surface area contributed by atoms with Crippen molar-refractivity contribution in [2.75, 3.05) is 7.11 Å². The van der Waals surface area contributed by atoms with Gasteiger partial charge in [-0.2, -0.15) is 10.4 Å². The molecule has 0 atom stereocenters. The summed E-state index contributed by atoms with van der Waals surface area (Å²) in [5, 5.41) is 23.5. The van der Waals surface area contributed by atoms with Gasteiger partial charge >= 0.3 is 0 Å². The van der Waals surface area contributed by atoms with Crippen molar-refractivity contribution in [1.82, 2.24) is 5.43 Å². The Morgan fingerprint density at radius 2 is 2.00 bits per heavy atom. The first-order chi connectivity index (χ1) is 17.4. The second kappa shape index (κ2) is 11.9. The van der Waals surface area contributed by atoms with Gasteiger partial charge in [0.05, 0.1) is 35.4 Å². The summed E-state index contributed by atoms with van der Waals surface area (Å²) in [7, 11) is 1.47. The molecule has 3 aromatic rings. The first kappa shape index (κ1) is 25.6. The maximum absolute atomic E-state index is 14.0. The van der Waals surface area contributed by atoms with Crippen molar-refractivity contribution in [3.63, 3.8) is 0 Å². The molecule has 0 saturated heterocycles. The van der Waals surface area contributed by atoms with Crippen LogP contribution in [0.4, 0.5) is 10.1 Å². The Labute approximate surface area is 206 Å². The number of carbonyl (C=O) groups excluding carboxylic acids is 1. The number of hydrogen-bond acceptors (Lipinski definition) is 7. The van der Waals surface area contributed by atoms with Crippen LogP contribution in [0.1, 0.15) is 32.6 Å². The molecular weight excluding hydrogens is 467 g/mol. The molecule has 0 heterocycles. The molecular formula is C26H21FN4O5. The van der Waals surface area contributed by atoms with Crippen molar-refractivity contribution in [1.29, 1.82) is 5.26 Å².